The van der Waals surface area contributed by atoms with Crippen LogP contribution in [0.15, 0.2) is 0 Å². The fraction of sp³-hybridized carbons (Fsp3) is 0.833. The molecule has 0 saturated carbocycles. The van der Waals surface area contributed by atoms with Crippen LogP contribution in [-0.4, -0.2) is 52.2 Å². The summed E-state index contributed by atoms with van der Waals surface area (Å²) in [5.74, 6) is -0.922. The summed E-state index contributed by atoms with van der Waals surface area (Å²) < 4.78 is 0. The van der Waals surface area contributed by atoms with E-state index in [1.54, 1.807) is 6.92 Å². The van der Waals surface area contributed by atoms with Crippen molar-refractivity contribution in [2.24, 2.45) is 0 Å². The monoisotopic (exact) mass is 255 g/mol. The minimum atomic E-state index is -1.06. The zero-order chi connectivity index (χ0) is 13.2. The third-order valence-corrected chi connectivity index (χ3v) is 3.96. The molecular weight excluding hydrogens is 234 g/mol. The van der Waals surface area contributed by atoms with Crippen LogP contribution in [0.1, 0.15) is 39.0 Å². The highest BCUT2D eigenvalue weighted by Crippen LogP contribution is 2.29. The lowest BCUT2D eigenvalue weighted by atomic mass is 10.00. The van der Waals surface area contributed by atoms with Crippen LogP contribution >= 0.6 is 0 Å². The fourth-order valence-corrected chi connectivity index (χ4v) is 2.71. The van der Waals surface area contributed by atoms with Crippen molar-refractivity contribution in [1.82, 2.24) is 15.3 Å². The van der Waals surface area contributed by atoms with Crippen LogP contribution in [0, 0.1) is 0 Å². The molecule has 18 heavy (non-hydrogen) atoms. The van der Waals surface area contributed by atoms with Crippen molar-refractivity contribution in [2.75, 3.05) is 19.6 Å². The number of hydrogen-bond donors (Lipinski definition) is 2. The Hall–Kier alpha value is -1.30. The molecule has 0 spiro atoms. The second-order valence-electron chi connectivity index (χ2n) is 5.30. The molecule has 2 aliphatic heterocycles. The van der Waals surface area contributed by atoms with Gasteiger partial charge in [-0.05, 0) is 32.6 Å². The molecule has 0 aliphatic carbocycles. The first-order valence-corrected chi connectivity index (χ1v) is 6.60. The molecule has 2 aliphatic rings. The SMILES string of the molecule is CC1(C(=O)O)CCCN1C(=O)NN1CCCCC1. The van der Waals surface area contributed by atoms with Gasteiger partial charge >= 0.3 is 12.0 Å². The summed E-state index contributed by atoms with van der Waals surface area (Å²) >= 11 is 0. The van der Waals surface area contributed by atoms with Gasteiger partial charge in [0.1, 0.15) is 5.54 Å². The van der Waals surface area contributed by atoms with E-state index in [-0.39, 0.29) is 6.03 Å². The van der Waals surface area contributed by atoms with Gasteiger partial charge in [0, 0.05) is 19.6 Å². The molecule has 6 nitrogen and oxygen atoms in total. The van der Waals surface area contributed by atoms with E-state index >= 15 is 0 Å². The first-order chi connectivity index (χ1) is 8.54. The number of carboxylic acids is 1. The molecule has 2 amide bonds. The van der Waals surface area contributed by atoms with Crippen LogP contribution in [0.25, 0.3) is 0 Å². The van der Waals surface area contributed by atoms with E-state index in [9.17, 15) is 14.7 Å². The maximum absolute atomic E-state index is 12.1. The predicted octanol–water partition coefficient (Wildman–Crippen LogP) is 1.04. The lowest BCUT2D eigenvalue weighted by molar-refractivity contribution is -0.147. The van der Waals surface area contributed by atoms with E-state index in [0.29, 0.717) is 13.0 Å². The van der Waals surface area contributed by atoms with E-state index in [1.807, 2.05) is 5.01 Å². The van der Waals surface area contributed by atoms with Gasteiger partial charge in [-0.2, -0.15) is 0 Å². The van der Waals surface area contributed by atoms with Crippen LogP contribution in [0.3, 0.4) is 0 Å². The van der Waals surface area contributed by atoms with Gasteiger partial charge in [-0.15, -0.1) is 0 Å². The number of rotatable bonds is 2. The predicted molar refractivity (Wildman–Crippen MR) is 65.9 cm³/mol. The van der Waals surface area contributed by atoms with Gasteiger partial charge in [-0.25, -0.2) is 14.6 Å². The molecule has 2 heterocycles. The van der Waals surface area contributed by atoms with Gasteiger partial charge < -0.3 is 10.0 Å². The van der Waals surface area contributed by atoms with E-state index in [0.717, 1.165) is 32.4 Å². The standard InChI is InChI=1S/C12H21N3O3/c1-12(10(16)17)6-5-9-15(12)11(18)13-14-7-3-2-4-8-14/h2-9H2,1H3,(H,13,18)(H,16,17). The summed E-state index contributed by atoms with van der Waals surface area (Å²) in [4.78, 5) is 24.9. The Morgan fingerprint density at radius 1 is 1.11 bits per heavy atom. The molecule has 0 aromatic rings. The summed E-state index contributed by atoms with van der Waals surface area (Å²) in [5, 5.41) is 11.2. The number of hydrogen-bond acceptors (Lipinski definition) is 3. The maximum atomic E-state index is 12.1. The van der Waals surface area contributed by atoms with E-state index in [2.05, 4.69) is 5.43 Å². The molecule has 0 aromatic carbocycles. The van der Waals surface area contributed by atoms with E-state index < -0.39 is 11.5 Å². The topological polar surface area (TPSA) is 72.9 Å². The molecule has 102 valence electrons. The molecule has 2 saturated heterocycles. The molecule has 1 unspecified atom stereocenters. The second kappa shape index (κ2) is 5.14. The van der Waals surface area contributed by atoms with Gasteiger partial charge in [0.25, 0.3) is 0 Å². The molecule has 6 heteroatoms. The molecule has 0 radical (unpaired) electrons. The van der Waals surface area contributed by atoms with Crippen LogP contribution in [0.4, 0.5) is 4.79 Å². The van der Waals surface area contributed by atoms with Crippen molar-refractivity contribution in [1.29, 1.82) is 0 Å². The number of urea groups is 1. The number of nitrogens with one attached hydrogen (secondary N) is 1. The zero-order valence-corrected chi connectivity index (χ0v) is 10.8. The average Bonchev–Trinajstić information content (AvgIpc) is 2.74. The number of likely N-dealkylation sites (tertiary alicyclic amines) is 1. The molecule has 0 bridgehead atoms. The first kappa shape index (κ1) is 13.1. The summed E-state index contributed by atoms with van der Waals surface area (Å²) in [7, 11) is 0. The van der Waals surface area contributed by atoms with Crippen LogP contribution in [0.5, 0.6) is 0 Å². The summed E-state index contributed by atoms with van der Waals surface area (Å²) in [6.45, 7) is 3.84. The highest BCUT2D eigenvalue weighted by molar-refractivity contribution is 5.86. The Bertz CT molecular complexity index is 341. The first-order valence-electron chi connectivity index (χ1n) is 6.60. The van der Waals surface area contributed by atoms with Gasteiger partial charge in [0.05, 0.1) is 0 Å². The lowest BCUT2D eigenvalue weighted by Crippen LogP contribution is -2.57. The number of carbonyl (C=O) groups is 2. The number of aliphatic carboxylic acids is 1. The number of carboxylic acid groups (broad SMARTS) is 1. The minimum absolute atomic E-state index is 0.278. The molecule has 1 atom stereocenters. The molecule has 2 rings (SSSR count). The van der Waals surface area contributed by atoms with E-state index in [4.69, 9.17) is 0 Å². The maximum Gasteiger partial charge on any atom is 0.332 e. The van der Waals surface area contributed by atoms with Crippen molar-refractivity contribution in [2.45, 2.75) is 44.6 Å². The quantitative estimate of drug-likeness (QED) is 0.773. The normalized spacial score (nSPS) is 29.3. The Morgan fingerprint density at radius 3 is 2.39 bits per heavy atom. The van der Waals surface area contributed by atoms with Gasteiger partial charge in [0.15, 0.2) is 0 Å². The average molecular weight is 255 g/mol. The van der Waals surface area contributed by atoms with E-state index in [1.165, 1.54) is 11.3 Å². The van der Waals surface area contributed by atoms with Gasteiger partial charge in [-0.3, -0.25) is 5.43 Å². The largest absolute Gasteiger partial charge is 0.480 e. The third kappa shape index (κ3) is 2.43. The van der Waals surface area contributed by atoms with Crippen molar-refractivity contribution < 1.29 is 14.7 Å². The van der Waals surface area contributed by atoms with Crippen LogP contribution < -0.4 is 5.43 Å². The summed E-state index contributed by atoms with van der Waals surface area (Å²) in [6.07, 6.45) is 4.63. The van der Waals surface area contributed by atoms with Crippen molar-refractivity contribution in [3.63, 3.8) is 0 Å². The summed E-state index contributed by atoms with van der Waals surface area (Å²) in [5.41, 5.74) is 1.77. The fourth-order valence-electron chi connectivity index (χ4n) is 2.71. The highest BCUT2D eigenvalue weighted by atomic mass is 16.4. The zero-order valence-electron chi connectivity index (χ0n) is 10.8. The molecule has 2 fully saturated rings. The second-order valence-corrected chi connectivity index (χ2v) is 5.30. The Labute approximate surface area is 107 Å². The van der Waals surface area contributed by atoms with Crippen LogP contribution in [0.2, 0.25) is 0 Å². The Morgan fingerprint density at radius 2 is 1.78 bits per heavy atom. The minimum Gasteiger partial charge on any atom is -0.480 e. The summed E-state index contributed by atoms with van der Waals surface area (Å²) in [6, 6.07) is -0.278. The number of piperidine rings is 1. The Balaban J connectivity index is 1.97. The lowest BCUT2D eigenvalue weighted by Gasteiger charge is -2.34. The van der Waals surface area contributed by atoms with Crippen molar-refractivity contribution >= 4 is 12.0 Å². The number of hydrazine groups is 1. The molecule has 2 N–H and O–H groups in total. The highest BCUT2D eigenvalue weighted by Gasteiger charge is 2.46. The number of nitrogens with zero attached hydrogens (tertiary/aromatic N) is 2. The van der Waals surface area contributed by atoms with Crippen molar-refractivity contribution in [3.8, 4) is 0 Å². The van der Waals surface area contributed by atoms with Crippen LogP contribution in [-0.2, 0) is 4.79 Å². The smallest absolute Gasteiger partial charge is 0.332 e. The number of amides is 2. The molecular formula is C12H21N3O3. The number of carbonyl (C=O) groups excluding carboxylic acids is 1. The molecule has 0 aromatic heterocycles. The van der Waals surface area contributed by atoms with Gasteiger partial charge in [-0.1, -0.05) is 6.42 Å². The Kier molecular flexibility index (Phi) is 3.75. The van der Waals surface area contributed by atoms with Crippen molar-refractivity contribution in [3.05, 3.63) is 0 Å². The third-order valence-electron chi connectivity index (χ3n) is 3.96. The van der Waals surface area contributed by atoms with Gasteiger partial charge in [0.2, 0.25) is 0 Å².